The standard InChI is InChI=1S/C23H19BrN2O5/c1-30-21-13-17(12-20(24)23(21)31-15-16-6-3-2-4-7-16)10-11-22(27)25-18-8-5-9-19(14-18)26(28)29/h2-14H,15H2,1H3,(H,25,27)/b11-10+. The van der Waals surface area contributed by atoms with Crippen LogP contribution >= 0.6 is 15.9 Å². The van der Waals surface area contributed by atoms with Gasteiger partial charge in [0.1, 0.15) is 6.61 Å². The van der Waals surface area contributed by atoms with Gasteiger partial charge < -0.3 is 14.8 Å². The Morgan fingerprint density at radius 3 is 2.61 bits per heavy atom. The van der Waals surface area contributed by atoms with Gasteiger partial charge in [-0.25, -0.2) is 0 Å². The lowest BCUT2D eigenvalue weighted by Crippen LogP contribution is -2.07. The van der Waals surface area contributed by atoms with Crippen LogP contribution in [0.15, 0.2) is 77.3 Å². The van der Waals surface area contributed by atoms with Crippen molar-refractivity contribution in [1.29, 1.82) is 0 Å². The molecule has 0 saturated heterocycles. The highest BCUT2D eigenvalue weighted by molar-refractivity contribution is 9.10. The van der Waals surface area contributed by atoms with Crippen molar-refractivity contribution in [3.05, 3.63) is 98.5 Å². The molecule has 0 aromatic heterocycles. The predicted molar refractivity (Wildman–Crippen MR) is 122 cm³/mol. The Balaban J connectivity index is 1.70. The molecule has 0 bridgehead atoms. The summed E-state index contributed by atoms with van der Waals surface area (Å²) >= 11 is 3.49. The first-order chi connectivity index (χ1) is 15.0. The summed E-state index contributed by atoms with van der Waals surface area (Å²) in [4.78, 5) is 22.5. The zero-order valence-electron chi connectivity index (χ0n) is 16.6. The molecule has 0 atom stereocenters. The van der Waals surface area contributed by atoms with E-state index < -0.39 is 10.8 Å². The highest BCUT2D eigenvalue weighted by atomic mass is 79.9. The van der Waals surface area contributed by atoms with Crippen molar-refractivity contribution in [3.8, 4) is 11.5 Å². The molecule has 0 fully saturated rings. The molecule has 0 aliphatic heterocycles. The third-order valence-electron chi connectivity index (χ3n) is 4.23. The minimum absolute atomic E-state index is 0.0958. The summed E-state index contributed by atoms with van der Waals surface area (Å²) in [6.07, 6.45) is 2.95. The maximum Gasteiger partial charge on any atom is 0.271 e. The Labute approximate surface area is 187 Å². The normalized spacial score (nSPS) is 10.6. The lowest BCUT2D eigenvalue weighted by Gasteiger charge is -2.13. The number of carbonyl (C=O) groups is 1. The van der Waals surface area contributed by atoms with E-state index in [0.29, 0.717) is 33.8 Å². The number of amides is 1. The number of hydrogen-bond acceptors (Lipinski definition) is 5. The highest BCUT2D eigenvalue weighted by Crippen LogP contribution is 2.37. The van der Waals surface area contributed by atoms with Crippen LogP contribution in [0.1, 0.15) is 11.1 Å². The van der Waals surface area contributed by atoms with Crippen LogP contribution in [0.25, 0.3) is 6.08 Å². The number of nitrogens with one attached hydrogen (secondary N) is 1. The van der Waals surface area contributed by atoms with Crippen LogP contribution < -0.4 is 14.8 Å². The highest BCUT2D eigenvalue weighted by Gasteiger charge is 2.12. The largest absolute Gasteiger partial charge is 0.493 e. The summed E-state index contributed by atoms with van der Waals surface area (Å²) in [5.41, 5.74) is 1.98. The molecule has 3 aromatic carbocycles. The van der Waals surface area contributed by atoms with Gasteiger partial charge >= 0.3 is 0 Å². The number of anilines is 1. The van der Waals surface area contributed by atoms with E-state index in [1.54, 1.807) is 31.4 Å². The van der Waals surface area contributed by atoms with Crippen LogP contribution in [-0.2, 0) is 11.4 Å². The predicted octanol–water partition coefficient (Wildman–Crippen LogP) is 5.60. The monoisotopic (exact) mass is 482 g/mol. The van der Waals surface area contributed by atoms with Gasteiger partial charge in [0.2, 0.25) is 5.91 Å². The number of nitro benzene ring substituents is 1. The fourth-order valence-corrected chi connectivity index (χ4v) is 3.33. The Hall–Kier alpha value is -3.65. The summed E-state index contributed by atoms with van der Waals surface area (Å²) in [5, 5.41) is 13.5. The maximum absolute atomic E-state index is 12.2. The summed E-state index contributed by atoms with van der Waals surface area (Å²) in [7, 11) is 1.54. The van der Waals surface area contributed by atoms with Gasteiger partial charge in [-0.1, -0.05) is 36.4 Å². The molecule has 8 heteroatoms. The van der Waals surface area contributed by atoms with Gasteiger partial charge in [0.05, 0.1) is 16.5 Å². The minimum atomic E-state index is -0.517. The van der Waals surface area contributed by atoms with E-state index in [-0.39, 0.29) is 5.69 Å². The van der Waals surface area contributed by atoms with E-state index in [4.69, 9.17) is 9.47 Å². The van der Waals surface area contributed by atoms with Gasteiger partial charge in [0.25, 0.3) is 5.69 Å². The molecule has 1 N–H and O–H groups in total. The van der Waals surface area contributed by atoms with Gasteiger partial charge in [0.15, 0.2) is 11.5 Å². The summed E-state index contributed by atoms with van der Waals surface area (Å²) in [6.45, 7) is 0.386. The van der Waals surface area contributed by atoms with Crippen molar-refractivity contribution in [3.63, 3.8) is 0 Å². The molecule has 0 radical (unpaired) electrons. The number of hydrogen-bond donors (Lipinski definition) is 1. The molecule has 3 aromatic rings. The zero-order chi connectivity index (χ0) is 22.2. The fraction of sp³-hybridized carbons (Fsp3) is 0.0870. The van der Waals surface area contributed by atoms with Gasteiger partial charge in [0, 0.05) is 23.9 Å². The Morgan fingerprint density at radius 1 is 1.13 bits per heavy atom. The molecule has 0 saturated carbocycles. The SMILES string of the molecule is COc1cc(/C=C/C(=O)Nc2cccc([N+](=O)[O-])c2)cc(Br)c1OCc1ccccc1. The molecule has 0 aliphatic carbocycles. The molecule has 7 nitrogen and oxygen atoms in total. The molecule has 0 spiro atoms. The Morgan fingerprint density at radius 2 is 1.90 bits per heavy atom. The number of non-ortho nitro benzene ring substituents is 1. The van der Waals surface area contributed by atoms with Crippen molar-refractivity contribution in [2.24, 2.45) is 0 Å². The van der Waals surface area contributed by atoms with E-state index in [1.165, 1.54) is 24.3 Å². The van der Waals surface area contributed by atoms with Crippen molar-refractivity contribution < 1.29 is 19.2 Å². The van der Waals surface area contributed by atoms with Gasteiger partial charge in [-0.05, 0) is 51.3 Å². The van der Waals surface area contributed by atoms with E-state index in [1.807, 2.05) is 30.3 Å². The van der Waals surface area contributed by atoms with E-state index in [0.717, 1.165) is 5.56 Å². The number of rotatable bonds is 8. The van der Waals surface area contributed by atoms with Crippen LogP contribution in [0, 0.1) is 10.1 Å². The van der Waals surface area contributed by atoms with Crippen LogP contribution in [0.4, 0.5) is 11.4 Å². The molecule has 1 amide bonds. The van der Waals surface area contributed by atoms with Gasteiger partial charge in [-0.15, -0.1) is 0 Å². The van der Waals surface area contributed by atoms with E-state index in [9.17, 15) is 14.9 Å². The fourth-order valence-electron chi connectivity index (χ4n) is 2.76. The zero-order valence-corrected chi connectivity index (χ0v) is 18.2. The molecule has 0 heterocycles. The number of ether oxygens (including phenoxy) is 2. The van der Waals surface area contributed by atoms with Crippen LogP contribution in [0.5, 0.6) is 11.5 Å². The van der Waals surface area contributed by atoms with Gasteiger partial charge in [-0.2, -0.15) is 0 Å². The molecular weight excluding hydrogens is 464 g/mol. The number of nitro groups is 1. The molecule has 0 unspecified atom stereocenters. The lowest BCUT2D eigenvalue weighted by molar-refractivity contribution is -0.384. The minimum Gasteiger partial charge on any atom is -0.493 e. The van der Waals surface area contributed by atoms with Crippen molar-refractivity contribution in [2.75, 3.05) is 12.4 Å². The summed E-state index contributed by atoms with van der Waals surface area (Å²) in [5.74, 6) is 0.661. The average molecular weight is 483 g/mol. The molecule has 0 aliphatic rings. The first-order valence-electron chi connectivity index (χ1n) is 9.24. The first-order valence-corrected chi connectivity index (χ1v) is 10.0. The lowest BCUT2D eigenvalue weighted by atomic mass is 10.2. The number of methoxy groups -OCH3 is 1. The molecular formula is C23H19BrN2O5. The van der Waals surface area contributed by atoms with E-state index in [2.05, 4.69) is 21.2 Å². The third kappa shape index (κ3) is 6.16. The molecule has 31 heavy (non-hydrogen) atoms. The number of carbonyl (C=O) groups excluding carboxylic acids is 1. The van der Waals surface area contributed by atoms with Crippen LogP contribution in [-0.4, -0.2) is 17.9 Å². The van der Waals surface area contributed by atoms with Crippen LogP contribution in [0.2, 0.25) is 0 Å². The third-order valence-corrected chi connectivity index (χ3v) is 4.82. The second-order valence-electron chi connectivity index (χ2n) is 6.44. The average Bonchev–Trinajstić information content (AvgIpc) is 2.77. The first kappa shape index (κ1) is 22.0. The number of halogens is 1. The Kier molecular flexibility index (Phi) is 7.40. The van der Waals surface area contributed by atoms with Crippen molar-refractivity contribution >= 4 is 39.3 Å². The maximum atomic E-state index is 12.2. The molecule has 3 rings (SSSR count). The van der Waals surface area contributed by atoms with E-state index >= 15 is 0 Å². The summed E-state index contributed by atoms with van der Waals surface area (Å²) < 4.78 is 12.0. The number of nitrogens with zero attached hydrogens (tertiary/aromatic N) is 1. The van der Waals surface area contributed by atoms with Gasteiger partial charge in [-0.3, -0.25) is 14.9 Å². The Bertz CT molecular complexity index is 1120. The smallest absolute Gasteiger partial charge is 0.271 e. The number of benzene rings is 3. The van der Waals surface area contributed by atoms with Crippen LogP contribution in [0.3, 0.4) is 0 Å². The summed E-state index contributed by atoms with van der Waals surface area (Å²) in [6, 6.07) is 19.1. The second-order valence-corrected chi connectivity index (χ2v) is 7.29. The quantitative estimate of drug-likeness (QED) is 0.256. The second kappa shape index (κ2) is 10.4. The molecule has 158 valence electrons. The topological polar surface area (TPSA) is 90.7 Å². The van der Waals surface area contributed by atoms with Crippen molar-refractivity contribution in [1.82, 2.24) is 0 Å². The van der Waals surface area contributed by atoms with Crippen molar-refractivity contribution in [2.45, 2.75) is 6.61 Å².